The van der Waals surface area contributed by atoms with E-state index in [9.17, 15) is 4.79 Å². The number of nitrogens with one attached hydrogen (secondary N) is 1. The van der Waals surface area contributed by atoms with E-state index in [1.165, 1.54) is 0 Å². The predicted molar refractivity (Wildman–Crippen MR) is 103 cm³/mol. The van der Waals surface area contributed by atoms with Gasteiger partial charge in [-0.2, -0.15) is 0 Å². The summed E-state index contributed by atoms with van der Waals surface area (Å²) in [4.78, 5) is 21.9. The lowest BCUT2D eigenvalue weighted by Gasteiger charge is -2.07. The molecule has 0 spiro atoms. The largest absolute Gasteiger partial charge is 0.497 e. The van der Waals surface area contributed by atoms with Crippen LogP contribution in [-0.2, 0) is 16.2 Å². The van der Waals surface area contributed by atoms with Crippen LogP contribution in [0.25, 0.3) is 0 Å². The number of carbonyl (C=O) groups excluding carboxylic acids is 1. The summed E-state index contributed by atoms with van der Waals surface area (Å²) in [7, 11) is 1.61. The average molecular weight is 377 g/mol. The Morgan fingerprint density at radius 1 is 1.21 bits per heavy atom. The Morgan fingerprint density at radius 3 is 2.75 bits per heavy atom. The van der Waals surface area contributed by atoms with E-state index in [0.29, 0.717) is 18.7 Å². The topological polar surface area (TPSA) is 90.6 Å². The Balaban J connectivity index is 1.33. The molecule has 2 heterocycles. The Morgan fingerprint density at radius 2 is 2.00 bits per heavy atom. The van der Waals surface area contributed by atoms with Crippen LogP contribution in [0.5, 0.6) is 5.75 Å². The first-order valence-corrected chi connectivity index (χ1v) is 8.82. The van der Waals surface area contributed by atoms with Gasteiger partial charge < -0.3 is 9.57 Å². The van der Waals surface area contributed by atoms with Crippen LogP contribution in [0.4, 0.5) is 5.95 Å². The summed E-state index contributed by atoms with van der Waals surface area (Å²) in [6, 6.07) is 17.3. The van der Waals surface area contributed by atoms with E-state index in [2.05, 4.69) is 20.6 Å². The van der Waals surface area contributed by atoms with Gasteiger partial charge in [0.15, 0.2) is 0 Å². The van der Waals surface area contributed by atoms with Crippen LogP contribution in [0.15, 0.2) is 66.1 Å². The number of aromatic nitrogens is 3. The van der Waals surface area contributed by atoms with Gasteiger partial charge in [0.2, 0.25) is 12.1 Å². The van der Waals surface area contributed by atoms with Crippen molar-refractivity contribution in [2.75, 3.05) is 12.4 Å². The highest BCUT2D eigenvalue weighted by atomic mass is 16.6. The van der Waals surface area contributed by atoms with E-state index in [1.807, 2.05) is 54.6 Å². The molecule has 1 atom stereocenters. The van der Waals surface area contributed by atoms with Crippen molar-refractivity contribution in [2.45, 2.75) is 19.1 Å². The zero-order chi connectivity index (χ0) is 19.3. The van der Waals surface area contributed by atoms with Crippen molar-refractivity contribution in [3.63, 3.8) is 0 Å². The first-order valence-electron chi connectivity index (χ1n) is 8.82. The minimum atomic E-state index is -0.710. The highest BCUT2D eigenvalue weighted by Crippen LogP contribution is 2.20. The lowest BCUT2D eigenvalue weighted by molar-refractivity contribution is -0.125. The second kappa shape index (κ2) is 7.91. The number of amides is 1. The summed E-state index contributed by atoms with van der Waals surface area (Å²) < 4.78 is 6.81. The van der Waals surface area contributed by atoms with Gasteiger partial charge in [-0.1, -0.05) is 35.5 Å². The summed E-state index contributed by atoms with van der Waals surface area (Å²) in [5, 5.41) is 11.0. The number of oxime groups is 1. The molecular weight excluding hydrogens is 358 g/mol. The number of carbonyl (C=O) groups is 1. The molecule has 8 heteroatoms. The van der Waals surface area contributed by atoms with Crippen molar-refractivity contribution in [3.05, 3.63) is 72.1 Å². The van der Waals surface area contributed by atoms with Crippen molar-refractivity contribution < 1.29 is 14.4 Å². The second-order valence-electron chi connectivity index (χ2n) is 6.31. The lowest BCUT2D eigenvalue weighted by Crippen LogP contribution is -2.28. The molecule has 0 aliphatic carbocycles. The van der Waals surface area contributed by atoms with Gasteiger partial charge in [-0.15, -0.1) is 5.10 Å². The number of nitrogens with zero attached hydrogens (tertiary/aromatic N) is 4. The monoisotopic (exact) mass is 377 g/mol. The number of ether oxygens (including phenoxy) is 1. The maximum Gasteiger partial charge on any atom is 0.271 e. The first-order chi connectivity index (χ1) is 13.7. The van der Waals surface area contributed by atoms with Gasteiger partial charge in [-0.05, 0) is 35.4 Å². The minimum Gasteiger partial charge on any atom is -0.497 e. The van der Waals surface area contributed by atoms with E-state index in [-0.39, 0.29) is 11.9 Å². The second-order valence-corrected chi connectivity index (χ2v) is 6.31. The fourth-order valence-corrected chi connectivity index (χ4v) is 2.86. The molecule has 1 amide bonds. The zero-order valence-electron chi connectivity index (χ0n) is 15.3. The minimum absolute atomic E-state index is 0.238. The van der Waals surface area contributed by atoms with Gasteiger partial charge in [0.25, 0.3) is 5.91 Å². The number of benzene rings is 2. The maximum absolute atomic E-state index is 12.4. The molecule has 1 aliphatic rings. The zero-order valence-corrected chi connectivity index (χ0v) is 15.3. The summed E-state index contributed by atoms with van der Waals surface area (Å²) in [6.07, 6.45) is 1.25. The van der Waals surface area contributed by atoms with Gasteiger partial charge in [0.1, 0.15) is 12.1 Å². The molecular formula is C20H19N5O3. The van der Waals surface area contributed by atoms with Crippen LogP contribution in [0.2, 0.25) is 0 Å². The fraction of sp³-hybridized carbons (Fsp3) is 0.200. The van der Waals surface area contributed by atoms with E-state index in [4.69, 9.17) is 9.57 Å². The van der Waals surface area contributed by atoms with Gasteiger partial charge in [-0.3, -0.25) is 10.1 Å². The van der Waals surface area contributed by atoms with Crippen molar-refractivity contribution in [2.24, 2.45) is 5.16 Å². The molecule has 1 aromatic heterocycles. The molecule has 2 aromatic carbocycles. The van der Waals surface area contributed by atoms with Gasteiger partial charge in [0.05, 0.1) is 19.4 Å². The van der Waals surface area contributed by atoms with Crippen LogP contribution in [0.1, 0.15) is 17.5 Å². The number of rotatable bonds is 6. The first kappa shape index (κ1) is 17.7. The fourth-order valence-electron chi connectivity index (χ4n) is 2.86. The van der Waals surface area contributed by atoms with Crippen LogP contribution >= 0.6 is 0 Å². The van der Waals surface area contributed by atoms with Crippen molar-refractivity contribution in [1.82, 2.24) is 14.8 Å². The van der Waals surface area contributed by atoms with Gasteiger partial charge in [-0.25, -0.2) is 9.67 Å². The van der Waals surface area contributed by atoms with Crippen molar-refractivity contribution in [1.29, 1.82) is 0 Å². The molecule has 1 aliphatic heterocycles. The molecule has 8 nitrogen and oxygen atoms in total. The van der Waals surface area contributed by atoms with Crippen LogP contribution in [0, 0.1) is 0 Å². The predicted octanol–water partition coefficient (Wildman–Crippen LogP) is 2.47. The van der Waals surface area contributed by atoms with E-state index in [1.54, 1.807) is 18.1 Å². The van der Waals surface area contributed by atoms with Crippen molar-refractivity contribution >= 4 is 17.6 Å². The molecule has 4 rings (SSSR count). The van der Waals surface area contributed by atoms with Crippen LogP contribution < -0.4 is 10.1 Å². The summed E-state index contributed by atoms with van der Waals surface area (Å²) in [5.41, 5.74) is 2.70. The summed E-state index contributed by atoms with van der Waals surface area (Å²) in [6.45, 7) is 0.578. The molecule has 3 aromatic rings. The third-order valence-electron chi connectivity index (χ3n) is 4.34. The average Bonchev–Trinajstić information content (AvgIpc) is 3.39. The normalized spacial score (nSPS) is 15.6. The summed E-state index contributed by atoms with van der Waals surface area (Å²) >= 11 is 0. The number of methoxy groups -OCH3 is 1. The van der Waals surface area contributed by atoms with E-state index < -0.39 is 6.10 Å². The molecule has 0 radical (unpaired) electrons. The Hall–Kier alpha value is -3.68. The smallest absolute Gasteiger partial charge is 0.271 e. The van der Waals surface area contributed by atoms with Crippen molar-refractivity contribution in [3.8, 4) is 5.75 Å². The molecule has 0 bridgehead atoms. The van der Waals surface area contributed by atoms with E-state index in [0.717, 1.165) is 16.9 Å². The number of hydrogen-bond donors (Lipinski definition) is 1. The molecule has 1 unspecified atom stereocenters. The Kier molecular flexibility index (Phi) is 5.01. The van der Waals surface area contributed by atoms with E-state index >= 15 is 0 Å². The Labute approximate surface area is 161 Å². The third-order valence-corrected chi connectivity index (χ3v) is 4.34. The number of hydrogen-bond acceptors (Lipinski definition) is 6. The highest BCUT2D eigenvalue weighted by Gasteiger charge is 2.29. The van der Waals surface area contributed by atoms with Crippen LogP contribution in [0.3, 0.4) is 0 Å². The van der Waals surface area contributed by atoms with Gasteiger partial charge >= 0.3 is 0 Å². The third kappa shape index (κ3) is 4.01. The Bertz CT molecular complexity index is 983. The molecule has 0 fully saturated rings. The van der Waals surface area contributed by atoms with Gasteiger partial charge in [0, 0.05) is 6.42 Å². The molecule has 28 heavy (non-hydrogen) atoms. The molecule has 1 N–H and O–H groups in total. The SMILES string of the molecule is COc1ccc(C2=NOC(C(=O)Nc3ncn(Cc4ccccc4)n3)C2)cc1. The molecule has 142 valence electrons. The molecule has 0 saturated carbocycles. The maximum atomic E-state index is 12.4. The standard InChI is InChI=1S/C20H19N5O3/c1-27-16-9-7-15(8-10-16)17-11-18(28-24-17)19(26)22-20-21-13-25(23-20)12-14-5-3-2-4-6-14/h2-10,13,18H,11-12H2,1H3,(H,22,23,26). The highest BCUT2D eigenvalue weighted by molar-refractivity contribution is 6.05. The number of anilines is 1. The molecule has 0 saturated heterocycles. The quantitative estimate of drug-likeness (QED) is 0.713. The summed E-state index contributed by atoms with van der Waals surface area (Å²) in [5.74, 6) is 0.668. The van der Waals surface area contributed by atoms with Crippen LogP contribution in [-0.4, -0.2) is 39.6 Å². The lowest BCUT2D eigenvalue weighted by atomic mass is 10.0.